The minimum atomic E-state index is -0.299. The van der Waals surface area contributed by atoms with E-state index in [2.05, 4.69) is 20.3 Å². The van der Waals surface area contributed by atoms with Gasteiger partial charge in [-0.25, -0.2) is 4.98 Å². The van der Waals surface area contributed by atoms with Gasteiger partial charge < -0.3 is 15.4 Å². The third-order valence-electron chi connectivity index (χ3n) is 4.88. The summed E-state index contributed by atoms with van der Waals surface area (Å²) in [7, 11) is 0. The van der Waals surface area contributed by atoms with Crippen molar-refractivity contribution < 1.29 is 9.90 Å². The Bertz CT molecular complexity index is 1090. The Morgan fingerprint density at radius 1 is 1.07 bits per heavy atom. The molecule has 4 rings (SSSR count). The van der Waals surface area contributed by atoms with Crippen molar-refractivity contribution >= 4 is 16.9 Å². The number of imidazole rings is 1. The Hall–Kier alpha value is -3.51. The highest BCUT2D eigenvalue weighted by atomic mass is 16.3. The number of nitrogens with one attached hydrogen (secondary N) is 2. The molecule has 6 nitrogen and oxygen atoms in total. The van der Waals surface area contributed by atoms with E-state index in [4.69, 9.17) is 0 Å². The van der Waals surface area contributed by atoms with E-state index >= 15 is 0 Å². The summed E-state index contributed by atoms with van der Waals surface area (Å²) in [5, 5.41) is 12.6. The summed E-state index contributed by atoms with van der Waals surface area (Å²) in [5.41, 5.74) is 4.22. The summed E-state index contributed by atoms with van der Waals surface area (Å²) in [6.07, 6.45) is 4.89. The number of rotatable bonds is 7. The molecular formula is C23H22N4O2. The molecule has 0 saturated carbocycles. The van der Waals surface area contributed by atoms with Gasteiger partial charge in [-0.3, -0.25) is 9.78 Å². The Morgan fingerprint density at radius 2 is 1.86 bits per heavy atom. The summed E-state index contributed by atoms with van der Waals surface area (Å²) in [5.74, 6) is 0.523. The monoisotopic (exact) mass is 386 g/mol. The Morgan fingerprint density at radius 3 is 2.62 bits per heavy atom. The highest BCUT2D eigenvalue weighted by molar-refractivity contribution is 5.97. The first-order valence-electron chi connectivity index (χ1n) is 9.59. The quantitative estimate of drug-likeness (QED) is 0.454. The summed E-state index contributed by atoms with van der Waals surface area (Å²) in [4.78, 5) is 24.5. The van der Waals surface area contributed by atoms with Crippen molar-refractivity contribution in [3.8, 4) is 11.4 Å². The lowest BCUT2D eigenvalue weighted by Crippen LogP contribution is -2.37. The number of aryl methyl sites for hydroxylation is 1. The first kappa shape index (κ1) is 18.8. The molecule has 2 aromatic heterocycles. The largest absolute Gasteiger partial charge is 0.394 e. The molecule has 0 aliphatic heterocycles. The summed E-state index contributed by atoms with van der Waals surface area (Å²) in [6, 6.07) is 18.9. The molecule has 0 unspecified atom stereocenters. The van der Waals surface area contributed by atoms with Gasteiger partial charge >= 0.3 is 0 Å². The normalized spacial score (nSPS) is 12.0. The summed E-state index contributed by atoms with van der Waals surface area (Å²) < 4.78 is 0. The number of nitrogens with zero attached hydrogens (tertiary/aromatic N) is 2. The molecule has 29 heavy (non-hydrogen) atoms. The zero-order chi connectivity index (χ0) is 20.1. The van der Waals surface area contributed by atoms with Gasteiger partial charge in [0.15, 0.2) is 0 Å². The third-order valence-corrected chi connectivity index (χ3v) is 4.88. The molecule has 4 aromatic rings. The first-order chi connectivity index (χ1) is 14.2. The molecule has 3 N–H and O–H groups in total. The number of hydrogen-bond donors (Lipinski definition) is 3. The van der Waals surface area contributed by atoms with E-state index in [1.54, 1.807) is 24.5 Å². The molecule has 0 fully saturated rings. The van der Waals surface area contributed by atoms with Crippen LogP contribution in [-0.2, 0) is 6.42 Å². The first-order valence-corrected chi connectivity index (χ1v) is 9.59. The molecular weight excluding hydrogens is 364 g/mol. The fourth-order valence-electron chi connectivity index (χ4n) is 3.26. The Labute approximate surface area is 168 Å². The molecule has 0 radical (unpaired) electrons. The SMILES string of the molecule is O=C(N[C@H](CO)CCc1ccccc1)c1ccc2nc(-c3ccncc3)[nH]c2c1. The van der Waals surface area contributed by atoms with E-state index < -0.39 is 0 Å². The molecule has 6 heteroatoms. The zero-order valence-electron chi connectivity index (χ0n) is 15.9. The maximum Gasteiger partial charge on any atom is 0.251 e. The van der Waals surface area contributed by atoms with E-state index in [-0.39, 0.29) is 18.6 Å². The minimum absolute atomic E-state index is 0.100. The van der Waals surface area contributed by atoms with Crippen LogP contribution in [0.1, 0.15) is 22.3 Å². The number of carbonyl (C=O) groups is 1. The van der Waals surface area contributed by atoms with E-state index in [0.29, 0.717) is 12.0 Å². The van der Waals surface area contributed by atoms with Gasteiger partial charge in [0, 0.05) is 23.5 Å². The summed E-state index contributed by atoms with van der Waals surface area (Å²) in [6.45, 7) is -0.100. The van der Waals surface area contributed by atoms with E-state index in [1.165, 1.54) is 5.56 Å². The van der Waals surface area contributed by atoms with Gasteiger partial charge in [-0.15, -0.1) is 0 Å². The van der Waals surface area contributed by atoms with Crippen molar-refractivity contribution in [1.29, 1.82) is 0 Å². The van der Waals surface area contributed by atoms with Crippen LogP contribution >= 0.6 is 0 Å². The number of aromatic amines is 1. The molecule has 0 aliphatic carbocycles. The predicted molar refractivity (Wildman–Crippen MR) is 112 cm³/mol. The number of benzene rings is 2. The van der Waals surface area contributed by atoms with E-state index in [1.807, 2.05) is 48.5 Å². The lowest BCUT2D eigenvalue weighted by Gasteiger charge is -2.16. The molecule has 146 valence electrons. The number of pyridine rings is 1. The van der Waals surface area contributed by atoms with Gasteiger partial charge in [-0.2, -0.15) is 0 Å². The van der Waals surface area contributed by atoms with Crippen molar-refractivity contribution in [3.05, 3.63) is 84.2 Å². The average Bonchev–Trinajstić information content (AvgIpc) is 3.21. The van der Waals surface area contributed by atoms with Gasteiger partial charge in [-0.05, 0) is 48.7 Å². The molecule has 1 atom stereocenters. The van der Waals surface area contributed by atoms with Crippen LogP contribution in [-0.4, -0.2) is 38.6 Å². The highest BCUT2D eigenvalue weighted by Gasteiger charge is 2.15. The van der Waals surface area contributed by atoms with Crippen LogP contribution in [0.4, 0.5) is 0 Å². The molecule has 0 saturated heterocycles. The smallest absolute Gasteiger partial charge is 0.251 e. The standard InChI is InChI=1S/C23H22N4O2/c28-15-19(8-6-16-4-2-1-3-5-16)25-23(29)18-7-9-20-21(14-18)27-22(26-20)17-10-12-24-13-11-17/h1-5,7,9-14,19,28H,6,8,15H2,(H,25,29)(H,26,27)/t19-/m0/s1. The second-order valence-electron chi connectivity index (χ2n) is 6.93. The van der Waals surface area contributed by atoms with Gasteiger partial charge in [0.1, 0.15) is 5.82 Å². The summed E-state index contributed by atoms with van der Waals surface area (Å²) >= 11 is 0. The van der Waals surface area contributed by atoms with E-state index in [9.17, 15) is 9.90 Å². The number of amides is 1. The van der Waals surface area contributed by atoms with Crippen molar-refractivity contribution in [2.24, 2.45) is 0 Å². The number of H-pyrrole nitrogens is 1. The molecule has 1 amide bonds. The Kier molecular flexibility index (Phi) is 5.63. The average molecular weight is 386 g/mol. The zero-order valence-corrected chi connectivity index (χ0v) is 15.9. The number of aliphatic hydroxyl groups is 1. The minimum Gasteiger partial charge on any atom is -0.394 e. The van der Waals surface area contributed by atoms with Gasteiger partial charge in [0.25, 0.3) is 5.91 Å². The predicted octanol–water partition coefficient (Wildman–Crippen LogP) is 3.35. The van der Waals surface area contributed by atoms with E-state index in [0.717, 1.165) is 28.8 Å². The van der Waals surface area contributed by atoms with Crippen molar-refractivity contribution in [1.82, 2.24) is 20.3 Å². The number of aromatic nitrogens is 3. The van der Waals surface area contributed by atoms with Gasteiger partial charge in [0.05, 0.1) is 23.7 Å². The number of aliphatic hydroxyl groups excluding tert-OH is 1. The van der Waals surface area contributed by atoms with Crippen LogP contribution in [0.15, 0.2) is 73.1 Å². The Balaban J connectivity index is 1.46. The number of carbonyl (C=O) groups excluding carboxylic acids is 1. The molecule has 0 spiro atoms. The molecule has 0 aliphatic rings. The van der Waals surface area contributed by atoms with Crippen LogP contribution in [0.3, 0.4) is 0 Å². The second-order valence-corrected chi connectivity index (χ2v) is 6.93. The van der Waals surface area contributed by atoms with Crippen LogP contribution in [0.5, 0.6) is 0 Å². The third kappa shape index (κ3) is 4.50. The van der Waals surface area contributed by atoms with Crippen LogP contribution < -0.4 is 5.32 Å². The lowest BCUT2D eigenvalue weighted by molar-refractivity contribution is 0.0913. The maximum absolute atomic E-state index is 12.7. The van der Waals surface area contributed by atoms with Crippen LogP contribution in [0, 0.1) is 0 Å². The van der Waals surface area contributed by atoms with Gasteiger partial charge in [-0.1, -0.05) is 30.3 Å². The van der Waals surface area contributed by atoms with Crippen molar-refractivity contribution in [3.63, 3.8) is 0 Å². The van der Waals surface area contributed by atoms with Crippen molar-refractivity contribution in [2.45, 2.75) is 18.9 Å². The highest BCUT2D eigenvalue weighted by Crippen LogP contribution is 2.21. The van der Waals surface area contributed by atoms with Crippen LogP contribution in [0.25, 0.3) is 22.4 Å². The van der Waals surface area contributed by atoms with Crippen molar-refractivity contribution in [2.75, 3.05) is 6.61 Å². The molecule has 2 heterocycles. The number of hydrogen-bond acceptors (Lipinski definition) is 4. The lowest BCUT2D eigenvalue weighted by atomic mass is 10.1. The fourth-order valence-corrected chi connectivity index (χ4v) is 3.26. The topological polar surface area (TPSA) is 90.9 Å². The maximum atomic E-state index is 12.7. The molecule has 0 bridgehead atoms. The fraction of sp³-hybridized carbons (Fsp3) is 0.174. The van der Waals surface area contributed by atoms with Crippen LogP contribution in [0.2, 0.25) is 0 Å². The number of fused-ring (bicyclic) bond motifs is 1. The second kappa shape index (κ2) is 8.67. The van der Waals surface area contributed by atoms with Gasteiger partial charge in [0.2, 0.25) is 0 Å². The molecule has 2 aromatic carbocycles.